The molecule has 1 unspecified atom stereocenters. The Bertz CT molecular complexity index is 678. The molecule has 0 saturated carbocycles. The standard InChI is InChI=1S/C15H16NO2PS/c1-10-4-6-13(7-5-10)18-19(17)16-14-8-11(2)12(3)9-15(14)20-19/h4-9H,1-3H3,(H,16,17). The SMILES string of the molecule is Cc1ccc(OP2(=O)Nc3cc(C)c(C)cc3S2)cc1. The molecule has 0 spiro atoms. The zero-order valence-electron chi connectivity index (χ0n) is 11.6. The Balaban J connectivity index is 1.86. The van der Waals surface area contributed by atoms with Crippen LogP contribution in [0.2, 0.25) is 0 Å². The molecular formula is C15H16NO2PS. The summed E-state index contributed by atoms with van der Waals surface area (Å²) < 4.78 is 18.5. The summed E-state index contributed by atoms with van der Waals surface area (Å²) in [6.45, 7) is 3.15. The zero-order chi connectivity index (χ0) is 14.3. The number of nitrogens with one attached hydrogen (secondary N) is 1. The van der Waals surface area contributed by atoms with Crippen LogP contribution in [-0.4, -0.2) is 0 Å². The van der Waals surface area contributed by atoms with Crippen LogP contribution in [0.5, 0.6) is 5.75 Å². The number of fused-ring (bicyclic) bond motifs is 1. The van der Waals surface area contributed by atoms with Crippen molar-refractivity contribution < 1.29 is 9.09 Å². The lowest BCUT2D eigenvalue weighted by Crippen LogP contribution is -1.95. The van der Waals surface area contributed by atoms with E-state index in [1.54, 1.807) is 0 Å². The summed E-state index contributed by atoms with van der Waals surface area (Å²) in [5, 5.41) is 3.04. The average molecular weight is 305 g/mol. The van der Waals surface area contributed by atoms with Crippen LogP contribution >= 0.6 is 18.1 Å². The van der Waals surface area contributed by atoms with Crippen molar-refractivity contribution in [2.45, 2.75) is 25.7 Å². The second-order valence-electron chi connectivity index (χ2n) is 5.04. The maximum atomic E-state index is 12.8. The van der Waals surface area contributed by atoms with E-state index < -0.39 is 6.72 Å². The Kier molecular flexibility index (Phi) is 3.31. The molecular weight excluding hydrogens is 289 g/mol. The summed E-state index contributed by atoms with van der Waals surface area (Å²) in [5.41, 5.74) is 4.42. The van der Waals surface area contributed by atoms with Gasteiger partial charge in [-0.1, -0.05) is 17.7 Å². The highest BCUT2D eigenvalue weighted by Gasteiger charge is 2.35. The Labute approximate surface area is 123 Å². The van der Waals surface area contributed by atoms with E-state index in [9.17, 15) is 4.57 Å². The third-order valence-electron chi connectivity index (χ3n) is 3.32. The summed E-state index contributed by atoms with van der Waals surface area (Å²) in [5.74, 6) is 0.625. The summed E-state index contributed by atoms with van der Waals surface area (Å²) in [6, 6.07) is 11.7. The van der Waals surface area contributed by atoms with Crippen LogP contribution in [0.25, 0.3) is 0 Å². The van der Waals surface area contributed by atoms with E-state index in [0.717, 1.165) is 16.1 Å². The fourth-order valence-electron chi connectivity index (χ4n) is 2.03. The van der Waals surface area contributed by atoms with Crippen LogP contribution in [0, 0.1) is 20.8 Å². The Morgan fingerprint density at radius 3 is 2.40 bits per heavy atom. The van der Waals surface area contributed by atoms with E-state index in [1.807, 2.05) is 44.2 Å². The predicted molar refractivity (Wildman–Crippen MR) is 84.8 cm³/mol. The van der Waals surface area contributed by atoms with E-state index >= 15 is 0 Å². The largest absolute Gasteiger partial charge is 0.422 e. The number of anilines is 1. The Hall–Kier alpha value is -1.38. The molecule has 1 atom stereocenters. The summed E-state index contributed by atoms with van der Waals surface area (Å²) in [7, 11) is 0. The first kappa shape index (κ1) is 13.6. The van der Waals surface area contributed by atoms with Gasteiger partial charge < -0.3 is 4.52 Å². The molecule has 1 aliphatic heterocycles. The first-order valence-corrected chi connectivity index (χ1v) is 9.45. The maximum absolute atomic E-state index is 12.8. The molecule has 0 radical (unpaired) electrons. The molecule has 2 aromatic carbocycles. The second-order valence-corrected chi connectivity index (χ2v) is 9.05. The van der Waals surface area contributed by atoms with Crippen molar-refractivity contribution in [3.8, 4) is 5.75 Å². The highest BCUT2D eigenvalue weighted by molar-refractivity contribution is 8.57. The predicted octanol–water partition coefficient (Wildman–Crippen LogP) is 5.32. The molecule has 0 amide bonds. The highest BCUT2D eigenvalue weighted by Crippen LogP contribution is 2.68. The monoisotopic (exact) mass is 305 g/mol. The van der Waals surface area contributed by atoms with Crippen molar-refractivity contribution >= 4 is 23.8 Å². The quantitative estimate of drug-likeness (QED) is 0.762. The van der Waals surface area contributed by atoms with Crippen molar-refractivity contribution in [2.24, 2.45) is 0 Å². The number of hydrogen-bond acceptors (Lipinski definition) is 3. The van der Waals surface area contributed by atoms with Gasteiger partial charge in [0.15, 0.2) is 0 Å². The minimum Gasteiger partial charge on any atom is -0.422 e. The number of rotatable bonds is 2. The maximum Gasteiger partial charge on any atom is 0.404 e. The molecule has 2 aromatic rings. The van der Waals surface area contributed by atoms with E-state index in [0.29, 0.717) is 5.75 Å². The molecule has 5 heteroatoms. The lowest BCUT2D eigenvalue weighted by molar-refractivity contribution is 0.505. The molecule has 3 nitrogen and oxygen atoms in total. The highest BCUT2D eigenvalue weighted by atomic mass is 32.7. The normalized spacial score (nSPS) is 20.4. The van der Waals surface area contributed by atoms with Crippen LogP contribution in [0.1, 0.15) is 16.7 Å². The van der Waals surface area contributed by atoms with Gasteiger partial charge in [0.05, 0.1) is 5.69 Å². The van der Waals surface area contributed by atoms with Crippen LogP contribution < -0.4 is 9.61 Å². The minimum atomic E-state index is -2.96. The molecule has 0 bridgehead atoms. The molecule has 1 heterocycles. The Morgan fingerprint density at radius 2 is 1.70 bits per heavy atom. The summed E-state index contributed by atoms with van der Waals surface area (Å²) >= 11 is 1.28. The second kappa shape index (κ2) is 4.87. The number of benzene rings is 2. The van der Waals surface area contributed by atoms with Crippen molar-refractivity contribution in [1.29, 1.82) is 0 Å². The number of hydrogen-bond donors (Lipinski definition) is 1. The van der Waals surface area contributed by atoms with Crippen molar-refractivity contribution in [2.75, 3.05) is 5.09 Å². The summed E-state index contributed by atoms with van der Waals surface area (Å²) in [4.78, 5) is 0.989. The fraction of sp³-hybridized carbons (Fsp3) is 0.200. The van der Waals surface area contributed by atoms with E-state index in [-0.39, 0.29) is 0 Å². The molecule has 0 aromatic heterocycles. The molecule has 0 fully saturated rings. The lowest BCUT2D eigenvalue weighted by atomic mass is 10.1. The smallest absolute Gasteiger partial charge is 0.404 e. The van der Waals surface area contributed by atoms with Gasteiger partial charge in [0, 0.05) is 16.3 Å². The van der Waals surface area contributed by atoms with Gasteiger partial charge in [0.2, 0.25) is 0 Å². The molecule has 3 rings (SSSR count). The zero-order valence-corrected chi connectivity index (χ0v) is 13.3. The van der Waals surface area contributed by atoms with Crippen molar-refractivity contribution in [3.05, 3.63) is 53.1 Å². The molecule has 104 valence electrons. The van der Waals surface area contributed by atoms with E-state index in [4.69, 9.17) is 4.52 Å². The number of aryl methyl sites for hydroxylation is 3. The van der Waals surface area contributed by atoms with Crippen molar-refractivity contribution in [3.63, 3.8) is 0 Å². The Morgan fingerprint density at radius 1 is 1.05 bits per heavy atom. The molecule has 0 aliphatic carbocycles. The third-order valence-corrected chi connectivity index (χ3v) is 6.87. The van der Waals surface area contributed by atoms with Gasteiger partial charge in [-0.25, -0.2) is 4.57 Å². The fourth-order valence-corrected chi connectivity index (χ4v) is 5.84. The molecule has 1 aliphatic rings. The van der Waals surface area contributed by atoms with Gasteiger partial charge in [-0.2, -0.15) is 0 Å². The average Bonchev–Trinajstić information content (AvgIpc) is 2.68. The summed E-state index contributed by atoms with van der Waals surface area (Å²) in [6.07, 6.45) is 0. The van der Waals surface area contributed by atoms with Crippen molar-refractivity contribution in [1.82, 2.24) is 0 Å². The topological polar surface area (TPSA) is 38.3 Å². The van der Waals surface area contributed by atoms with Crippen LogP contribution in [0.3, 0.4) is 0 Å². The van der Waals surface area contributed by atoms with Crippen LogP contribution in [0.15, 0.2) is 41.3 Å². The van der Waals surface area contributed by atoms with Crippen LogP contribution in [-0.2, 0) is 4.57 Å². The molecule has 1 N–H and O–H groups in total. The van der Waals surface area contributed by atoms with Gasteiger partial charge in [0.25, 0.3) is 0 Å². The van der Waals surface area contributed by atoms with Crippen LogP contribution in [0.4, 0.5) is 5.69 Å². The van der Waals surface area contributed by atoms with Gasteiger partial charge in [-0.15, -0.1) is 0 Å². The first-order chi connectivity index (χ1) is 9.45. The van der Waals surface area contributed by atoms with Gasteiger partial charge in [-0.05, 0) is 56.2 Å². The van der Waals surface area contributed by atoms with E-state index in [2.05, 4.69) is 18.1 Å². The first-order valence-electron chi connectivity index (χ1n) is 6.41. The van der Waals surface area contributed by atoms with Gasteiger partial charge >= 0.3 is 6.72 Å². The molecule has 0 saturated heterocycles. The lowest BCUT2D eigenvalue weighted by Gasteiger charge is -2.13. The minimum absolute atomic E-state index is 0.625. The van der Waals surface area contributed by atoms with Gasteiger partial charge in [0.1, 0.15) is 5.75 Å². The van der Waals surface area contributed by atoms with E-state index in [1.165, 1.54) is 22.5 Å². The molecule has 20 heavy (non-hydrogen) atoms. The van der Waals surface area contributed by atoms with Gasteiger partial charge in [-0.3, -0.25) is 5.09 Å². The third kappa shape index (κ3) is 2.58.